The van der Waals surface area contributed by atoms with Gasteiger partial charge in [0.1, 0.15) is 6.26 Å². The fourth-order valence-corrected chi connectivity index (χ4v) is 4.72. The van der Waals surface area contributed by atoms with Crippen molar-refractivity contribution in [3.8, 4) is 0 Å². The molecule has 1 atom stereocenters. The van der Waals surface area contributed by atoms with E-state index in [0.717, 1.165) is 49.3 Å². The van der Waals surface area contributed by atoms with Crippen molar-refractivity contribution in [1.29, 1.82) is 0 Å². The second kappa shape index (κ2) is 10.4. The summed E-state index contributed by atoms with van der Waals surface area (Å²) in [6.07, 6.45) is 2.15. The molecule has 0 aliphatic carbocycles. The van der Waals surface area contributed by atoms with Gasteiger partial charge in [0.05, 0.1) is 16.7 Å². The van der Waals surface area contributed by atoms with Gasteiger partial charge in [-0.25, -0.2) is 8.51 Å². The first-order valence-electron chi connectivity index (χ1n) is 9.68. The van der Waals surface area contributed by atoms with Gasteiger partial charge in [0.2, 0.25) is 0 Å². The SMILES string of the molecule is CN(C)CCCS(=O)N1CCN(c2ccc(Br)c(NC(=O)c3coc(N)n3)c2)CC1. The molecule has 3 N–H and O–H groups in total. The zero-order valence-electron chi connectivity index (χ0n) is 17.1. The Morgan fingerprint density at radius 2 is 2.07 bits per heavy atom. The largest absolute Gasteiger partial charge is 0.431 e. The third-order valence-corrected chi connectivity index (χ3v) is 7.04. The number of carbonyl (C=O) groups is 1. The average Bonchev–Trinajstić information content (AvgIpc) is 3.16. The van der Waals surface area contributed by atoms with E-state index in [1.807, 2.05) is 36.6 Å². The monoisotopic (exact) mass is 498 g/mol. The van der Waals surface area contributed by atoms with Crippen LogP contribution < -0.4 is 16.0 Å². The molecule has 2 aromatic rings. The van der Waals surface area contributed by atoms with Crippen molar-refractivity contribution in [3.05, 3.63) is 34.6 Å². The molecule has 0 saturated carbocycles. The van der Waals surface area contributed by atoms with Gasteiger partial charge in [-0.15, -0.1) is 0 Å². The van der Waals surface area contributed by atoms with Gasteiger partial charge < -0.3 is 25.3 Å². The number of hydrogen-bond acceptors (Lipinski definition) is 7. The van der Waals surface area contributed by atoms with Crippen LogP contribution in [0.25, 0.3) is 0 Å². The average molecular weight is 499 g/mol. The Bertz CT molecular complexity index is 898. The first kappa shape index (κ1) is 22.7. The number of nitrogen functional groups attached to an aromatic ring is 1. The van der Waals surface area contributed by atoms with Crippen LogP contribution in [-0.2, 0) is 11.0 Å². The lowest BCUT2D eigenvalue weighted by Crippen LogP contribution is -2.47. The molecule has 1 aliphatic rings. The molecule has 11 heteroatoms. The van der Waals surface area contributed by atoms with Crippen LogP contribution in [0.15, 0.2) is 33.4 Å². The molecule has 0 bridgehead atoms. The summed E-state index contributed by atoms with van der Waals surface area (Å²) in [5, 5.41) is 2.83. The van der Waals surface area contributed by atoms with E-state index in [4.69, 9.17) is 10.2 Å². The van der Waals surface area contributed by atoms with Crippen LogP contribution >= 0.6 is 15.9 Å². The van der Waals surface area contributed by atoms with Gasteiger partial charge in [0.15, 0.2) is 5.69 Å². The van der Waals surface area contributed by atoms with Crippen LogP contribution in [0.1, 0.15) is 16.9 Å². The smallest absolute Gasteiger partial charge is 0.292 e. The van der Waals surface area contributed by atoms with Gasteiger partial charge in [-0.2, -0.15) is 4.98 Å². The summed E-state index contributed by atoms with van der Waals surface area (Å²) in [5.41, 5.74) is 7.18. The summed E-state index contributed by atoms with van der Waals surface area (Å²) in [5.74, 6) is 0.297. The van der Waals surface area contributed by atoms with E-state index in [0.29, 0.717) is 11.4 Å². The highest BCUT2D eigenvalue weighted by molar-refractivity contribution is 9.10. The zero-order valence-corrected chi connectivity index (χ0v) is 19.5. The number of rotatable bonds is 8. The van der Waals surface area contributed by atoms with Gasteiger partial charge in [0, 0.05) is 42.1 Å². The second-order valence-electron chi connectivity index (χ2n) is 7.29. The molecule has 1 saturated heterocycles. The highest BCUT2D eigenvalue weighted by atomic mass is 79.9. The molecule has 1 aromatic carbocycles. The third-order valence-electron chi connectivity index (χ3n) is 4.77. The fraction of sp³-hybridized carbons (Fsp3) is 0.474. The molecular formula is C19H27BrN6O3S. The molecule has 1 amide bonds. The molecule has 9 nitrogen and oxygen atoms in total. The number of anilines is 3. The maximum Gasteiger partial charge on any atom is 0.292 e. The summed E-state index contributed by atoms with van der Waals surface area (Å²) in [6, 6.07) is 5.76. The van der Waals surface area contributed by atoms with Gasteiger partial charge >= 0.3 is 0 Å². The normalized spacial score (nSPS) is 16.1. The predicted molar refractivity (Wildman–Crippen MR) is 123 cm³/mol. The van der Waals surface area contributed by atoms with Crippen molar-refractivity contribution in [2.75, 3.05) is 68.5 Å². The lowest BCUT2D eigenvalue weighted by Gasteiger charge is -2.35. The second-order valence-corrected chi connectivity index (χ2v) is 9.71. The maximum absolute atomic E-state index is 12.5. The Labute approximate surface area is 187 Å². The lowest BCUT2D eigenvalue weighted by molar-refractivity contribution is 0.102. The van der Waals surface area contributed by atoms with Crippen molar-refractivity contribution in [2.24, 2.45) is 0 Å². The first-order valence-corrected chi connectivity index (χ1v) is 11.8. The quantitative estimate of drug-likeness (QED) is 0.572. The molecule has 1 aliphatic heterocycles. The standard InChI is InChI=1S/C19H27BrN6O3S/c1-24(2)6-3-11-30(28)26-9-7-25(8-10-26)14-4-5-15(20)16(12-14)22-18(27)17-13-29-19(21)23-17/h4-5,12-13H,3,6-11H2,1-2H3,(H2,21,23)(H,22,27). The number of halogens is 1. The molecule has 1 unspecified atom stereocenters. The number of carbonyl (C=O) groups excluding carboxylic acids is 1. The summed E-state index contributed by atoms with van der Waals surface area (Å²) < 4.78 is 20.2. The Hall–Kier alpha value is -1.95. The maximum atomic E-state index is 12.5. The Morgan fingerprint density at radius 1 is 1.33 bits per heavy atom. The van der Waals surface area contributed by atoms with Crippen LogP contribution in [0.4, 0.5) is 17.4 Å². The minimum Gasteiger partial charge on any atom is -0.431 e. The number of nitrogens with one attached hydrogen (secondary N) is 1. The Balaban J connectivity index is 1.57. The number of oxazole rings is 1. The third kappa shape index (κ3) is 6.03. The highest BCUT2D eigenvalue weighted by Gasteiger charge is 2.22. The van der Waals surface area contributed by atoms with E-state index < -0.39 is 16.9 Å². The number of benzene rings is 1. The molecule has 0 radical (unpaired) electrons. The molecule has 0 spiro atoms. The van der Waals surface area contributed by atoms with E-state index >= 15 is 0 Å². The summed E-state index contributed by atoms with van der Waals surface area (Å²) >= 11 is 3.47. The molecule has 1 aromatic heterocycles. The van der Waals surface area contributed by atoms with Gasteiger partial charge in [-0.05, 0) is 61.2 Å². The molecule has 164 valence electrons. The van der Waals surface area contributed by atoms with Crippen LogP contribution in [0.2, 0.25) is 0 Å². The molecular weight excluding hydrogens is 472 g/mol. The number of amides is 1. The van der Waals surface area contributed by atoms with E-state index in [9.17, 15) is 9.00 Å². The summed E-state index contributed by atoms with van der Waals surface area (Å²) in [4.78, 5) is 20.5. The first-order chi connectivity index (χ1) is 14.3. The number of nitrogens with two attached hydrogens (primary N) is 1. The molecule has 2 heterocycles. The van der Waals surface area contributed by atoms with Crippen LogP contribution in [-0.4, -0.2) is 76.9 Å². The van der Waals surface area contributed by atoms with E-state index in [1.54, 1.807) is 0 Å². The molecule has 3 rings (SSSR count). The van der Waals surface area contributed by atoms with Gasteiger partial charge in [-0.1, -0.05) is 0 Å². The van der Waals surface area contributed by atoms with Crippen LogP contribution in [0.5, 0.6) is 0 Å². The van der Waals surface area contributed by atoms with Crippen molar-refractivity contribution < 1.29 is 13.4 Å². The van der Waals surface area contributed by atoms with Gasteiger partial charge in [0.25, 0.3) is 11.9 Å². The Morgan fingerprint density at radius 3 is 2.70 bits per heavy atom. The number of nitrogens with zero attached hydrogens (tertiary/aromatic N) is 4. The Kier molecular flexibility index (Phi) is 7.87. The fourth-order valence-electron chi connectivity index (χ4n) is 3.17. The van der Waals surface area contributed by atoms with Crippen molar-refractivity contribution in [3.63, 3.8) is 0 Å². The van der Waals surface area contributed by atoms with Crippen LogP contribution in [0, 0.1) is 0 Å². The topological polar surface area (TPSA) is 108 Å². The van der Waals surface area contributed by atoms with E-state index in [2.05, 4.69) is 36.0 Å². The zero-order chi connectivity index (χ0) is 21.7. The molecule has 30 heavy (non-hydrogen) atoms. The van der Waals surface area contributed by atoms with Crippen molar-refractivity contribution >= 4 is 50.2 Å². The summed E-state index contributed by atoms with van der Waals surface area (Å²) in [7, 11) is 3.11. The van der Waals surface area contributed by atoms with Crippen LogP contribution in [0.3, 0.4) is 0 Å². The van der Waals surface area contributed by atoms with Crippen molar-refractivity contribution in [2.45, 2.75) is 6.42 Å². The van der Waals surface area contributed by atoms with Crippen molar-refractivity contribution in [1.82, 2.24) is 14.2 Å². The minimum absolute atomic E-state index is 0.0510. The predicted octanol–water partition coefficient (Wildman–Crippen LogP) is 2.01. The highest BCUT2D eigenvalue weighted by Crippen LogP contribution is 2.29. The van der Waals surface area contributed by atoms with Gasteiger partial charge in [-0.3, -0.25) is 4.79 Å². The van der Waals surface area contributed by atoms with E-state index in [1.165, 1.54) is 6.26 Å². The number of piperazine rings is 1. The number of hydrogen-bond donors (Lipinski definition) is 2. The summed E-state index contributed by atoms with van der Waals surface area (Å²) in [6.45, 7) is 3.97. The lowest BCUT2D eigenvalue weighted by atomic mass is 10.2. The molecule has 1 fully saturated rings. The number of aromatic nitrogens is 1. The minimum atomic E-state index is -0.940. The van der Waals surface area contributed by atoms with E-state index in [-0.39, 0.29) is 11.7 Å².